The topological polar surface area (TPSA) is 57.9 Å². The Morgan fingerprint density at radius 3 is 2.92 bits per heavy atom. The average molecular weight is 342 g/mol. The molecule has 4 aliphatic rings. The molecule has 0 aromatic carbocycles. The molecule has 4 heterocycles. The van der Waals surface area contributed by atoms with Gasteiger partial charge in [0.2, 0.25) is 0 Å². The second kappa shape index (κ2) is 5.01. The number of hydrogen-bond acceptors (Lipinski definition) is 5. The Kier molecular flexibility index (Phi) is 3.06. The van der Waals surface area contributed by atoms with E-state index in [1.165, 1.54) is 0 Å². The predicted octanol–water partition coefficient (Wildman–Crippen LogP) is 3.82. The minimum absolute atomic E-state index is 0.00317. The summed E-state index contributed by atoms with van der Waals surface area (Å²) < 4.78 is 23.4. The first-order valence-corrected chi connectivity index (χ1v) is 8.97. The number of allylic oxidation sites excluding steroid dienone is 1. The van der Waals surface area contributed by atoms with Gasteiger partial charge in [-0.05, 0) is 38.3 Å². The van der Waals surface area contributed by atoms with E-state index in [1.54, 1.807) is 12.5 Å². The van der Waals surface area contributed by atoms with E-state index in [0.717, 1.165) is 36.0 Å². The SMILES string of the molecule is C[C@@]12C3=CCC[C@@H]1O[C@](C)(C1=CO[C@H](c4ccoc4)C1)C[C@@H]2OC3=O. The molecule has 1 aromatic rings. The van der Waals surface area contributed by atoms with E-state index in [-0.39, 0.29) is 29.7 Å². The Morgan fingerprint density at radius 2 is 2.12 bits per heavy atom. The first-order valence-electron chi connectivity index (χ1n) is 8.97. The molecule has 5 heteroatoms. The molecule has 1 aromatic heterocycles. The molecule has 0 unspecified atom stereocenters. The first kappa shape index (κ1) is 15.3. The molecule has 5 atom stereocenters. The van der Waals surface area contributed by atoms with Crippen LogP contribution >= 0.6 is 0 Å². The van der Waals surface area contributed by atoms with Gasteiger partial charge in [0.05, 0.1) is 35.9 Å². The van der Waals surface area contributed by atoms with Crippen molar-refractivity contribution in [3.05, 3.63) is 47.6 Å². The molecule has 2 fully saturated rings. The summed E-state index contributed by atoms with van der Waals surface area (Å²) in [5, 5.41) is 0. The zero-order chi connectivity index (χ0) is 17.2. The van der Waals surface area contributed by atoms with Gasteiger partial charge in [0.1, 0.15) is 12.2 Å². The Bertz CT molecular complexity index is 776. The third-order valence-electron chi connectivity index (χ3n) is 6.52. The molecule has 0 bridgehead atoms. The van der Waals surface area contributed by atoms with Crippen molar-refractivity contribution >= 4 is 5.97 Å². The largest absolute Gasteiger partial charge is 0.493 e. The van der Waals surface area contributed by atoms with Gasteiger partial charge in [-0.3, -0.25) is 0 Å². The Hall–Kier alpha value is -2.01. The molecular weight excluding hydrogens is 320 g/mol. The molecule has 5 rings (SSSR count). The van der Waals surface area contributed by atoms with E-state index in [9.17, 15) is 4.79 Å². The fraction of sp³-hybridized carbons (Fsp3) is 0.550. The van der Waals surface area contributed by atoms with Gasteiger partial charge in [0.15, 0.2) is 0 Å². The van der Waals surface area contributed by atoms with E-state index in [1.807, 2.05) is 18.4 Å². The van der Waals surface area contributed by atoms with Crippen molar-refractivity contribution in [2.75, 3.05) is 0 Å². The zero-order valence-electron chi connectivity index (χ0n) is 14.5. The summed E-state index contributed by atoms with van der Waals surface area (Å²) in [4.78, 5) is 12.3. The van der Waals surface area contributed by atoms with E-state index < -0.39 is 5.60 Å². The van der Waals surface area contributed by atoms with E-state index >= 15 is 0 Å². The number of carbonyl (C=O) groups is 1. The van der Waals surface area contributed by atoms with Crippen LogP contribution in [-0.4, -0.2) is 23.8 Å². The summed E-state index contributed by atoms with van der Waals surface area (Å²) in [6.45, 7) is 4.22. The lowest BCUT2D eigenvalue weighted by Gasteiger charge is -2.51. The lowest BCUT2D eigenvalue weighted by atomic mass is 9.64. The molecule has 0 radical (unpaired) electrons. The predicted molar refractivity (Wildman–Crippen MR) is 88.4 cm³/mol. The van der Waals surface area contributed by atoms with Gasteiger partial charge in [0.25, 0.3) is 0 Å². The molecule has 0 saturated carbocycles. The first-order chi connectivity index (χ1) is 12.0. The van der Waals surface area contributed by atoms with Crippen molar-refractivity contribution in [1.29, 1.82) is 0 Å². The van der Waals surface area contributed by atoms with Crippen LogP contribution < -0.4 is 0 Å². The molecule has 1 aliphatic carbocycles. The van der Waals surface area contributed by atoms with Crippen LogP contribution in [0.5, 0.6) is 0 Å². The summed E-state index contributed by atoms with van der Waals surface area (Å²) in [5.74, 6) is -0.169. The van der Waals surface area contributed by atoms with Gasteiger partial charge in [-0.2, -0.15) is 0 Å². The van der Waals surface area contributed by atoms with Gasteiger partial charge in [-0.1, -0.05) is 6.08 Å². The Labute approximate surface area is 146 Å². The smallest absolute Gasteiger partial charge is 0.334 e. The van der Waals surface area contributed by atoms with Crippen molar-refractivity contribution in [2.45, 2.75) is 63.4 Å². The quantitative estimate of drug-likeness (QED) is 0.765. The maximum atomic E-state index is 12.3. The van der Waals surface area contributed by atoms with Crippen molar-refractivity contribution in [3.63, 3.8) is 0 Å². The summed E-state index contributed by atoms with van der Waals surface area (Å²) in [6, 6.07) is 1.93. The van der Waals surface area contributed by atoms with Crippen molar-refractivity contribution in [3.8, 4) is 0 Å². The highest BCUT2D eigenvalue weighted by atomic mass is 16.6. The normalized spacial score (nSPS) is 42.3. The minimum atomic E-state index is -0.472. The van der Waals surface area contributed by atoms with Crippen LogP contribution in [0.15, 0.2) is 46.5 Å². The highest BCUT2D eigenvalue weighted by Gasteiger charge is 2.62. The van der Waals surface area contributed by atoms with Crippen LogP contribution in [-0.2, 0) is 19.0 Å². The third kappa shape index (κ3) is 2.02. The molecule has 3 aliphatic heterocycles. The van der Waals surface area contributed by atoms with Crippen molar-refractivity contribution < 1.29 is 23.4 Å². The standard InChI is InChI=1S/C20H22O5/c1-19(13-8-15(23-11-13)12-6-7-22-10-12)9-17-20(2)14(18(21)24-17)4-3-5-16(20)25-19/h4,6-7,10-11,15-17H,3,5,8-9H2,1-2H3/t15-,16-,17-,19-,20+/m0/s1. The molecule has 25 heavy (non-hydrogen) atoms. The second-order valence-electron chi connectivity index (χ2n) is 7.94. The highest BCUT2D eigenvalue weighted by Crippen LogP contribution is 2.57. The summed E-state index contributed by atoms with van der Waals surface area (Å²) in [6.07, 6.45) is 10.3. The monoisotopic (exact) mass is 342 g/mol. The number of carbonyl (C=O) groups excluding carboxylic acids is 1. The van der Waals surface area contributed by atoms with Crippen LogP contribution in [0.1, 0.15) is 51.2 Å². The molecular formula is C20H22O5. The van der Waals surface area contributed by atoms with Gasteiger partial charge in [-0.25, -0.2) is 4.79 Å². The zero-order valence-corrected chi connectivity index (χ0v) is 14.5. The summed E-state index contributed by atoms with van der Waals surface area (Å²) in [7, 11) is 0. The van der Waals surface area contributed by atoms with Gasteiger partial charge in [0, 0.05) is 24.0 Å². The number of rotatable bonds is 2. The molecule has 132 valence electrons. The van der Waals surface area contributed by atoms with E-state index in [4.69, 9.17) is 18.6 Å². The fourth-order valence-corrected chi connectivity index (χ4v) is 4.88. The van der Waals surface area contributed by atoms with Gasteiger partial charge in [-0.15, -0.1) is 0 Å². The van der Waals surface area contributed by atoms with Crippen LogP contribution in [0.4, 0.5) is 0 Å². The van der Waals surface area contributed by atoms with Crippen LogP contribution in [0.2, 0.25) is 0 Å². The van der Waals surface area contributed by atoms with Crippen LogP contribution in [0.25, 0.3) is 0 Å². The minimum Gasteiger partial charge on any atom is -0.493 e. The van der Waals surface area contributed by atoms with Crippen LogP contribution in [0.3, 0.4) is 0 Å². The van der Waals surface area contributed by atoms with Crippen LogP contribution in [0, 0.1) is 5.41 Å². The van der Waals surface area contributed by atoms with Gasteiger partial charge >= 0.3 is 5.97 Å². The number of furan rings is 1. The average Bonchev–Trinajstić information content (AvgIpc) is 3.29. The maximum Gasteiger partial charge on any atom is 0.334 e. The lowest BCUT2D eigenvalue weighted by Crippen LogP contribution is -2.56. The maximum absolute atomic E-state index is 12.3. The van der Waals surface area contributed by atoms with Crippen molar-refractivity contribution in [1.82, 2.24) is 0 Å². The fourth-order valence-electron chi connectivity index (χ4n) is 4.88. The molecule has 5 nitrogen and oxygen atoms in total. The summed E-state index contributed by atoms with van der Waals surface area (Å²) >= 11 is 0. The summed E-state index contributed by atoms with van der Waals surface area (Å²) in [5.41, 5.74) is 2.17. The third-order valence-corrected chi connectivity index (χ3v) is 6.52. The Morgan fingerprint density at radius 1 is 1.24 bits per heavy atom. The second-order valence-corrected chi connectivity index (χ2v) is 7.94. The van der Waals surface area contributed by atoms with Gasteiger partial charge < -0.3 is 18.6 Å². The molecule has 0 spiro atoms. The molecule has 0 N–H and O–H groups in total. The number of ether oxygens (including phenoxy) is 3. The Balaban J connectivity index is 1.43. The van der Waals surface area contributed by atoms with E-state index in [2.05, 4.69) is 13.8 Å². The number of esters is 1. The highest BCUT2D eigenvalue weighted by molar-refractivity contribution is 5.93. The number of hydrogen-bond donors (Lipinski definition) is 0. The molecule has 0 amide bonds. The van der Waals surface area contributed by atoms with Crippen molar-refractivity contribution in [2.24, 2.45) is 5.41 Å². The lowest BCUT2D eigenvalue weighted by molar-refractivity contribution is -0.190. The molecule has 2 saturated heterocycles. The van der Waals surface area contributed by atoms with E-state index in [0.29, 0.717) is 6.42 Å².